The average molecular weight is 1210 g/mol. The number of alkyl halides is 2. The SMILES string of the molecule is CN1Cc2c(Cl)cc(Cl)cc2C(c2cccc(S(=O)(=O)NCCOCCOCCOCCNC(=O)[C@@H](O)[C@H](O)C(=O)NCCOCCOCCOCCNS(=O)(=O)c3cccc(C4CN(C)CC5C(Cl)CC(Cl)CC45)c3)c2)C1. The third-order valence-corrected chi connectivity index (χ3v) is 18.1. The van der Waals surface area contributed by atoms with Gasteiger partial charge in [-0.25, -0.2) is 26.3 Å². The number of likely N-dealkylation sites (tertiary alicyclic amines) is 1. The van der Waals surface area contributed by atoms with Crippen molar-refractivity contribution in [1.29, 1.82) is 0 Å². The second-order valence-electron chi connectivity index (χ2n) is 19.5. The van der Waals surface area contributed by atoms with E-state index in [9.17, 15) is 36.6 Å². The standard InChI is InChI=1S/C52H74Cl4N6O14S2/c1-61-31-43(41-27-37(53)29-47(55)45(41)33-61)35-5-3-7-39(25-35)77(67,68)59-11-15-73-19-23-75-21-17-71-13-9-57-51(65)49(63)50(64)52(66)58-10-14-72-18-22-76-24-20-74-16-12-60-78(69,70)40-8-4-6-36(26-40)44-32-62(2)34-46-42(44)28-38(54)30-48(46)56/h3-8,25-27,29,38,42-44,46,48-50,59-60,63-64H,9-24,28,30-34H2,1-2H3,(H,57,65)(H,58,66)/t38?,42?,43?,44?,46?,48?,49-,50-/m0/s1. The quantitative estimate of drug-likeness (QED) is 0.0379. The van der Waals surface area contributed by atoms with Gasteiger partial charge in [-0.2, -0.15) is 0 Å². The van der Waals surface area contributed by atoms with Gasteiger partial charge < -0.3 is 59.1 Å². The molecule has 78 heavy (non-hydrogen) atoms. The monoisotopic (exact) mass is 1210 g/mol. The number of likely N-dealkylation sites (N-methyl/N-ethyl adjacent to an activating group) is 2. The fourth-order valence-electron chi connectivity index (χ4n) is 9.90. The van der Waals surface area contributed by atoms with E-state index in [4.69, 9.17) is 74.8 Å². The van der Waals surface area contributed by atoms with E-state index in [1.54, 1.807) is 42.5 Å². The molecule has 8 atom stereocenters. The Labute approximate surface area is 478 Å². The Balaban J connectivity index is 0.713. The molecule has 6 rings (SSSR count). The number of nitrogens with one attached hydrogen (secondary N) is 4. The van der Waals surface area contributed by atoms with E-state index in [1.807, 2.05) is 25.2 Å². The lowest BCUT2D eigenvalue weighted by atomic mass is 9.67. The molecule has 0 spiro atoms. The van der Waals surface area contributed by atoms with Crippen molar-refractivity contribution in [3.05, 3.63) is 93.0 Å². The molecule has 6 unspecified atom stereocenters. The van der Waals surface area contributed by atoms with Crippen LogP contribution in [0.3, 0.4) is 0 Å². The van der Waals surface area contributed by atoms with Gasteiger partial charge in [0.25, 0.3) is 11.8 Å². The topological polar surface area (TPSA) is 253 Å². The molecular weight excluding hydrogens is 1140 g/mol. The zero-order valence-electron chi connectivity index (χ0n) is 44.0. The minimum absolute atomic E-state index is 0.00189. The zero-order valence-corrected chi connectivity index (χ0v) is 48.6. The molecule has 3 aliphatic rings. The van der Waals surface area contributed by atoms with Crippen LogP contribution in [-0.4, -0.2) is 211 Å². The van der Waals surface area contributed by atoms with Gasteiger partial charge in [0, 0.05) is 79.1 Å². The van der Waals surface area contributed by atoms with Gasteiger partial charge in [0.1, 0.15) is 0 Å². The third kappa shape index (κ3) is 19.7. The number of benzene rings is 3. The molecule has 436 valence electrons. The molecule has 3 aromatic carbocycles. The molecule has 1 saturated carbocycles. The number of carbonyl (C=O) groups excluding carboxylic acids is 2. The number of halogens is 4. The minimum atomic E-state index is -3.82. The number of piperidine rings is 1. The number of nitrogens with zero attached hydrogens (tertiary/aromatic N) is 2. The smallest absolute Gasteiger partial charge is 0.252 e. The summed E-state index contributed by atoms with van der Waals surface area (Å²) >= 11 is 26.2. The highest BCUT2D eigenvalue weighted by molar-refractivity contribution is 7.89. The summed E-state index contributed by atoms with van der Waals surface area (Å²) in [5.41, 5.74) is 3.75. The van der Waals surface area contributed by atoms with Crippen LogP contribution in [0.15, 0.2) is 70.5 Å². The van der Waals surface area contributed by atoms with Gasteiger partial charge in [0.15, 0.2) is 12.2 Å². The Hall–Kier alpha value is -2.82. The van der Waals surface area contributed by atoms with Crippen molar-refractivity contribution in [2.45, 2.75) is 64.0 Å². The number of hydrogen-bond donors (Lipinski definition) is 6. The number of ether oxygens (including phenoxy) is 6. The number of rotatable bonds is 33. The van der Waals surface area contributed by atoms with Crippen molar-refractivity contribution in [1.82, 2.24) is 29.9 Å². The normalized spacial score (nSPS) is 21.8. The van der Waals surface area contributed by atoms with Crippen LogP contribution in [-0.2, 0) is 64.6 Å². The predicted octanol–water partition coefficient (Wildman–Crippen LogP) is 3.15. The van der Waals surface area contributed by atoms with E-state index >= 15 is 0 Å². The van der Waals surface area contributed by atoms with Crippen molar-refractivity contribution in [2.24, 2.45) is 11.8 Å². The highest BCUT2D eigenvalue weighted by atomic mass is 35.5. The summed E-state index contributed by atoms with van der Waals surface area (Å²) in [5.74, 6) is -1.33. The zero-order chi connectivity index (χ0) is 56.2. The van der Waals surface area contributed by atoms with Crippen LogP contribution in [0, 0.1) is 11.8 Å². The van der Waals surface area contributed by atoms with E-state index in [0.29, 0.717) is 29.1 Å². The molecule has 3 aromatic rings. The van der Waals surface area contributed by atoms with Crippen molar-refractivity contribution in [3.8, 4) is 0 Å². The fraction of sp³-hybridized carbons (Fsp3) is 0.615. The second kappa shape index (κ2) is 32.1. The van der Waals surface area contributed by atoms with Crippen LogP contribution in [0.1, 0.15) is 46.9 Å². The Morgan fingerprint density at radius 2 is 1.08 bits per heavy atom. The molecule has 1 aliphatic carbocycles. The van der Waals surface area contributed by atoms with Crippen molar-refractivity contribution in [3.63, 3.8) is 0 Å². The van der Waals surface area contributed by atoms with Crippen molar-refractivity contribution >= 4 is 78.3 Å². The number of aliphatic hydroxyl groups excluding tert-OH is 2. The largest absolute Gasteiger partial charge is 0.380 e. The number of sulfonamides is 2. The third-order valence-electron chi connectivity index (χ3n) is 13.7. The molecule has 0 aromatic heterocycles. The maximum Gasteiger partial charge on any atom is 0.252 e. The summed E-state index contributed by atoms with van der Waals surface area (Å²) in [5, 5.41) is 26.2. The van der Waals surface area contributed by atoms with E-state index < -0.39 is 44.1 Å². The Bertz CT molecular complexity index is 2620. The Kier molecular flexibility index (Phi) is 26.5. The van der Waals surface area contributed by atoms with E-state index in [2.05, 4.69) is 36.9 Å². The maximum absolute atomic E-state index is 13.2. The van der Waals surface area contributed by atoms with Gasteiger partial charge in [0.05, 0.1) is 89.1 Å². The first-order valence-electron chi connectivity index (χ1n) is 26.0. The number of aliphatic hydroxyl groups is 2. The van der Waals surface area contributed by atoms with Crippen molar-refractivity contribution < 1.29 is 65.1 Å². The van der Waals surface area contributed by atoms with Gasteiger partial charge >= 0.3 is 0 Å². The average Bonchev–Trinajstić information content (AvgIpc) is 3.50. The summed E-state index contributed by atoms with van der Waals surface area (Å²) in [6, 6.07) is 17.5. The summed E-state index contributed by atoms with van der Waals surface area (Å²) in [7, 11) is -3.54. The van der Waals surface area contributed by atoms with Crippen LogP contribution in [0.2, 0.25) is 10.0 Å². The Morgan fingerprint density at radius 3 is 1.60 bits per heavy atom. The molecule has 0 bridgehead atoms. The Morgan fingerprint density at radius 1 is 0.603 bits per heavy atom. The summed E-state index contributed by atoms with van der Waals surface area (Å²) in [6.07, 6.45) is -2.41. The minimum Gasteiger partial charge on any atom is -0.380 e. The van der Waals surface area contributed by atoms with Gasteiger partial charge in [-0.15, -0.1) is 23.2 Å². The summed E-state index contributed by atoms with van der Waals surface area (Å²) in [6.45, 7) is 5.30. The lowest BCUT2D eigenvalue weighted by Gasteiger charge is -2.48. The maximum atomic E-state index is 13.2. The van der Waals surface area contributed by atoms with Crippen molar-refractivity contribution in [2.75, 3.05) is 139 Å². The molecule has 1 saturated heterocycles. The van der Waals surface area contributed by atoms with E-state index in [0.717, 1.165) is 48.2 Å². The molecular formula is C52H74Cl4N6O14S2. The van der Waals surface area contributed by atoms with Crippen LogP contribution in [0.4, 0.5) is 0 Å². The van der Waals surface area contributed by atoms with Gasteiger partial charge in [-0.1, -0.05) is 47.5 Å². The first-order chi connectivity index (χ1) is 37.3. The fourth-order valence-corrected chi connectivity index (χ4v) is 13.6. The van der Waals surface area contributed by atoms with Crippen LogP contribution < -0.4 is 20.1 Å². The first-order valence-corrected chi connectivity index (χ1v) is 30.6. The molecule has 2 aliphatic heterocycles. The van der Waals surface area contributed by atoms with Gasteiger partial charge in [0.2, 0.25) is 20.0 Å². The van der Waals surface area contributed by atoms with Crippen LogP contribution in [0.5, 0.6) is 0 Å². The lowest BCUT2D eigenvalue weighted by Crippen LogP contribution is -2.50. The van der Waals surface area contributed by atoms with Gasteiger partial charge in [-0.3, -0.25) is 9.59 Å². The van der Waals surface area contributed by atoms with E-state index in [1.165, 1.54) is 0 Å². The molecule has 0 radical (unpaired) electrons. The highest BCUT2D eigenvalue weighted by Crippen LogP contribution is 2.47. The number of fused-ring (bicyclic) bond motifs is 2. The first kappa shape index (κ1) is 64.3. The lowest BCUT2D eigenvalue weighted by molar-refractivity contribution is -0.146. The number of carbonyl (C=O) groups is 2. The summed E-state index contributed by atoms with van der Waals surface area (Å²) in [4.78, 5) is 29.3. The molecule has 26 heteroatoms. The van der Waals surface area contributed by atoms with E-state index in [-0.39, 0.29) is 144 Å². The molecule has 2 fully saturated rings. The predicted molar refractivity (Wildman–Crippen MR) is 297 cm³/mol. The second-order valence-corrected chi connectivity index (χ2v) is 25.1. The highest BCUT2D eigenvalue weighted by Gasteiger charge is 2.44. The summed E-state index contributed by atoms with van der Waals surface area (Å²) < 4.78 is 90.6. The molecule has 20 nitrogen and oxygen atoms in total. The number of hydrogen-bond acceptors (Lipinski definition) is 16. The van der Waals surface area contributed by atoms with Crippen LogP contribution >= 0.6 is 46.4 Å². The molecule has 6 N–H and O–H groups in total. The number of amides is 2. The van der Waals surface area contributed by atoms with Crippen LogP contribution in [0.25, 0.3) is 0 Å². The van der Waals surface area contributed by atoms with Gasteiger partial charge in [-0.05, 0) is 103 Å². The molecule has 2 amide bonds. The molecule has 2 heterocycles.